The molecule has 0 aromatic carbocycles. The molecule has 4 N–H and O–H groups in total. The van der Waals surface area contributed by atoms with Gasteiger partial charge in [0, 0.05) is 0 Å². The van der Waals surface area contributed by atoms with E-state index in [0.717, 1.165) is 12.8 Å². The molecule has 0 aliphatic carbocycles. The van der Waals surface area contributed by atoms with E-state index in [4.69, 9.17) is 14.8 Å². The zero-order valence-corrected chi connectivity index (χ0v) is 16.5. The fourth-order valence-corrected chi connectivity index (χ4v) is 2.56. The predicted octanol–water partition coefficient (Wildman–Crippen LogP) is 2.04. The van der Waals surface area contributed by atoms with Crippen LogP contribution in [-0.4, -0.2) is 67.5 Å². The zero-order chi connectivity index (χ0) is 18.6. The highest BCUT2D eigenvalue weighted by molar-refractivity contribution is 7.47. The lowest BCUT2D eigenvalue weighted by molar-refractivity contribution is -0.870. The van der Waals surface area contributed by atoms with Gasteiger partial charge >= 0.3 is 7.82 Å². The first-order valence-electron chi connectivity index (χ1n) is 8.60. The van der Waals surface area contributed by atoms with E-state index in [1.54, 1.807) is 6.08 Å². The first-order valence-corrected chi connectivity index (χ1v) is 10.1. The van der Waals surface area contributed by atoms with Crippen molar-refractivity contribution in [2.45, 2.75) is 51.2 Å². The Morgan fingerprint density at radius 3 is 2.46 bits per heavy atom. The Hall–Kier alpha value is -0.270. The van der Waals surface area contributed by atoms with Gasteiger partial charge in [0.05, 0.1) is 39.9 Å². The summed E-state index contributed by atoms with van der Waals surface area (Å²) in [5.74, 6) is 0. The van der Waals surface area contributed by atoms with Crippen LogP contribution in [-0.2, 0) is 13.6 Å². The van der Waals surface area contributed by atoms with Crippen LogP contribution in [0.15, 0.2) is 12.2 Å². The second-order valence-electron chi connectivity index (χ2n) is 7.04. The van der Waals surface area contributed by atoms with Gasteiger partial charge in [-0.25, -0.2) is 4.57 Å². The maximum absolute atomic E-state index is 11.7. The van der Waals surface area contributed by atoms with Crippen LogP contribution in [0.1, 0.15) is 39.0 Å². The zero-order valence-electron chi connectivity index (χ0n) is 15.6. The molecule has 7 nitrogen and oxygen atoms in total. The molecule has 0 saturated heterocycles. The average Bonchev–Trinajstić information content (AvgIpc) is 2.46. The molecule has 144 valence electrons. The number of aliphatic hydroxyl groups excluding tert-OH is 1. The topological polar surface area (TPSA) is 102 Å². The van der Waals surface area contributed by atoms with E-state index in [1.807, 2.05) is 27.2 Å². The van der Waals surface area contributed by atoms with Gasteiger partial charge < -0.3 is 20.2 Å². The fraction of sp³-hybridized carbons (Fsp3) is 0.875. The molecule has 0 fully saturated rings. The van der Waals surface area contributed by atoms with E-state index in [-0.39, 0.29) is 13.2 Å². The van der Waals surface area contributed by atoms with Crippen LogP contribution in [0.3, 0.4) is 0 Å². The number of nitrogens with two attached hydrogens (primary N) is 1. The van der Waals surface area contributed by atoms with Crippen molar-refractivity contribution in [2.75, 3.05) is 40.9 Å². The minimum atomic E-state index is -4.14. The van der Waals surface area contributed by atoms with Crippen LogP contribution in [0.4, 0.5) is 0 Å². The van der Waals surface area contributed by atoms with Gasteiger partial charge in [-0.3, -0.25) is 9.05 Å². The van der Waals surface area contributed by atoms with Crippen LogP contribution in [0.5, 0.6) is 0 Å². The van der Waals surface area contributed by atoms with Crippen molar-refractivity contribution in [2.24, 2.45) is 5.73 Å². The SMILES string of the molecule is CCCCCC/C=C/[C@@H](O)[C@@H](N)COP(=O)(O)OCC[N+](C)(C)C. The highest BCUT2D eigenvalue weighted by Gasteiger charge is 2.25. The van der Waals surface area contributed by atoms with E-state index in [0.29, 0.717) is 11.0 Å². The van der Waals surface area contributed by atoms with E-state index in [1.165, 1.54) is 19.3 Å². The maximum atomic E-state index is 11.7. The molecule has 0 heterocycles. The van der Waals surface area contributed by atoms with Crippen molar-refractivity contribution in [1.82, 2.24) is 0 Å². The molecule has 3 atom stereocenters. The minimum Gasteiger partial charge on any atom is -0.387 e. The number of phosphoric acid groups is 1. The van der Waals surface area contributed by atoms with Gasteiger partial charge in [0.2, 0.25) is 0 Å². The first-order chi connectivity index (χ1) is 11.1. The first kappa shape index (κ1) is 23.7. The summed E-state index contributed by atoms with van der Waals surface area (Å²) in [5.41, 5.74) is 5.77. The Labute approximate surface area is 146 Å². The maximum Gasteiger partial charge on any atom is 0.472 e. The number of aliphatic hydroxyl groups is 1. The molecule has 0 aromatic heterocycles. The number of allylic oxidation sites excluding steroid dienone is 1. The largest absolute Gasteiger partial charge is 0.472 e. The van der Waals surface area contributed by atoms with Crippen molar-refractivity contribution in [3.63, 3.8) is 0 Å². The smallest absolute Gasteiger partial charge is 0.387 e. The van der Waals surface area contributed by atoms with E-state index in [2.05, 4.69) is 6.92 Å². The van der Waals surface area contributed by atoms with Crippen LogP contribution in [0.2, 0.25) is 0 Å². The van der Waals surface area contributed by atoms with Gasteiger partial charge in [-0.2, -0.15) is 0 Å². The van der Waals surface area contributed by atoms with Crippen LogP contribution in [0, 0.1) is 0 Å². The minimum absolute atomic E-state index is 0.104. The Kier molecular flexibility index (Phi) is 12.0. The molecular formula is C16H36N2O5P+. The standard InChI is InChI=1S/C16H35N2O5P/c1-5-6-7-8-9-10-11-16(19)15(17)14-23-24(20,21)22-13-12-18(2,3)4/h10-11,15-16,19H,5-9,12-14,17H2,1-4H3/p+1/b11-10+/t15-,16+/m0/s1. The van der Waals surface area contributed by atoms with Crippen molar-refractivity contribution in [3.05, 3.63) is 12.2 Å². The molecule has 0 rings (SSSR count). The molecule has 0 spiro atoms. The quantitative estimate of drug-likeness (QED) is 0.188. The second-order valence-corrected chi connectivity index (χ2v) is 8.50. The van der Waals surface area contributed by atoms with Gasteiger partial charge in [-0.15, -0.1) is 0 Å². The number of unbranched alkanes of at least 4 members (excludes halogenated alkanes) is 4. The highest BCUT2D eigenvalue weighted by atomic mass is 31.2. The van der Waals surface area contributed by atoms with E-state index >= 15 is 0 Å². The molecule has 0 aliphatic heterocycles. The monoisotopic (exact) mass is 367 g/mol. The number of hydrogen-bond donors (Lipinski definition) is 3. The van der Waals surface area contributed by atoms with Gasteiger partial charge in [-0.05, 0) is 12.8 Å². The third-order valence-corrected chi connectivity index (χ3v) is 4.43. The molecule has 24 heavy (non-hydrogen) atoms. The highest BCUT2D eigenvalue weighted by Crippen LogP contribution is 2.43. The van der Waals surface area contributed by atoms with Crippen molar-refractivity contribution >= 4 is 7.82 Å². The van der Waals surface area contributed by atoms with Crippen LogP contribution < -0.4 is 5.73 Å². The van der Waals surface area contributed by atoms with Crippen LogP contribution >= 0.6 is 7.82 Å². The summed E-state index contributed by atoms with van der Waals surface area (Å²) in [6.07, 6.45) is 8.12. The number of hydrogen-bond acceptors (Lipinski definition) is 5. The van der Waals surface area contributed by atoms with Crippen molar-refractivity contribution in [1.29, 1.82) is 0 Å². The molecule has 0 radical (unpaired) electrons. The molecule has 0 aliphatic rings. The molecule has 0 amide bonds. The number of rotatable bonds is 14. The summed E-state index contributed by atoms with van der Waals surface area (Å²) in [5, 5.41) is 9.89. The average molecular weight is 367 g/mol. The Morgan fingerprint density at radius 1 is 1.21 bits per heavy atom. The summed E-state index contributed by atoms with van der Waals surface area (Å²) >= 11 is 0. The molecule has 0 aromatic rings. The van der Waals surface area contributed by atoms with E-state index in [9.17, 15) is 14.6 Å². The third-order valence-electron chi connectivity index (χ3n) is 3.44. The number of quaternary nitrogens is 1. The van der Waals surface area contributed by atoms with Crippen molar-refractivity contribution in [3.8, 4) is 0 Å². The van der Waals surface area contributed by atoms with Gasteiger partial charge in [-0.1, -0.05) is 38.3 Å². The Bertz CT molecular complexity index is 398. The fourth-order valence-electron chi connectivity index (χ4n) is 1.81. The lowest BCUT2D eigenvalue weighted by Gasteiger charge is -2.24. The molecule has 0 bridgehead atoms. The van der Waals surface area contributed by atoms with Gasteiger partial charge in [0.25, 0.3) is 0 Å². The van der Waals surface area contributed by atoms with Gasteiger partial charge in [0.15, 0.2) is 0 Å². The number of phosphoric ester groups is 1. The summed E-state index contributed by atoms with van der Waals surface area (Å²) in [7, 11) is 1.71. The summed E-state index contributed by atoms with van der Waals surface area (Å²) in [6, 6.07) is -0.778. The van der Waals surface area contributed by atoms with E-state index < -0.39 is 20.0 Å². The summed E-state index contributed by atoms with van der Waals surface area (Å²) < 4.78 is 22.1. The predicted molar refractivity (Wildman–Crippen MR) is 96.5 cm³/mol. The molecular weight excluding hydrogens is 331 g/mol. The number of nitrogens with zero attached hydrogens (tertiary/aromatic N) is 1. The summed E-state index contributed by atoms with van der Waals surface area (Å²) in [6.45, 7) is 2.58. The van der Waals surface area contributed by atoms with Crippen molar-refractivity contribution < 1.29 is 28.1 Å². The molecule has 8 heteroatoms. The van der Waals surface area contributed by atoms with Crippen LogP contribution in [0.25, 0.3) is 0 Å². The molecule has 0 saturated carbocycles. The van der Waals surface area contributed by atoms with Gasteiger partial charge in [0.1, 0.15) is 13.2 Å². The molecule has 1 unspecified atom stereocenters. The normalized spacial score (nSPS) is 17.8. The number of likely N-dealkylation sites (N-methyl/N-ethyl adjacent to an activating group) is 1. The Morgan fingerprint density at radius 2 is 1.88 bits per heavy atom. The Balaban J connectivity index is 4.01. The third kappa shape index (κ3) is 14.1. The lowest BCUT2D eigenvalue weighted by atomic mass is 10.1. The second kappa shape index (κ2) is 12.1. The lowest BCUT2D eigenvalue weighted by Crippen LogP contribution is -2.38. The summed E-state index contributed by atoms with van der Waals surface area (Å²) in [4.78, 5) is 9.59.